The van der Waals surface area contributed by atoms with Crippen molar-refractivity contribution in [2.24, 2.45) is 11.8 Å². The zero-order valence-electron chi connectivity index (χ0n) is 9.51. The molecule has 1 aromatic carbocycles. The highest BCUT2D eigenvalue weighted by molar-refractivity contribution is 5.83. The predicted octanol–water partition coefficient (Wildman–Crippen LogP) is 3.82. The molecule has 1 nitrogen and oxygen atoms in total. The van der Waals surface area contributed by atoms with Crippen molar-refractivity contribution in [2.45, 2.75) is 6.42 Å². The van der Waals surface area contributed by atoms with Crippen molar-refractivity contribution < 1.29 is 0 Å². The zero-order chi connectivity index (χ0) is 11.2. The molecule has 2 aliphatic rings. The molecular formula is C16H13N. The molecule has 0 N–H and O–H groups in total. The minimum absolute atomic E-state index is 0.781. The molecule has 82 valence electrons. The summed E-state index contributed by atoms with van der Waals surface area (Å²) in [6.07, 6.45) is 8.26. The van der Waals surface area contributed by atoms with Crippen LogP contribution >= 0.6 is 0 Å². The van der Waals surface area contributed by atoms with E-state index in [1.54, 1.807) is 0 Å². The van der Waals surface area contributed by atoms with Crippen LogP contribution in [0.5, 0.6) is 0 Å². The first-order valence-electron chi connectivity index (χ1n) is 6.16. The fraction of sp³-hybridized carbons (Fsp3) is 0.188. The summed E-state index contributed by atoms with van der Waals surface area (Å²) in [5.74, 6) is 1.60. The third-order valence-corrected chi connectivity index (χ3v) is 3.70. The van der Waals surface area contributed by atoms with Crippen molar-refractivity contribution >= 4 is 16.5 Å². The SMILES string of the molecule is C1=CC2CC2C=C1c1ccc2ccccc2n1. The summed E-state index contributed by atoms with van der Waals surface area (Å²) in [6.45, 7) is 0. The number of fused-ring (bicyclic) bond motifs is 2. The van der Waals surface area contributed by atoms with Gasteiger partial charge >= 0.3 is 0 Å². The molecule has 0 amide bonds. The Labute approximate surface area is 100 Å². The van der Waals surface area contributed by atoms with E-state index in [1.165, 1.54) is 17.4 Å². The Morgan fingerprint density at radius 3 is 2.88 bits per heavy atom. The van der Waals surface area contributed by atoms with Crippen LogP contribution in [-0.4, -0.2) is 4.98 Å². The largest absolute Gasteiger partial charge is 0.248 e. The molecule has 0 radical (unpaired) electrons. The summed E-state index contributed by atoms with van der Waals surface area (Å²) in [7, 11) is 0. The Balaban J connectivity index is 1.83. The van der Waals surface area contributed by atoms with E-state index in [-0.39, 0.29) is 0 Å². The summed E-state index contributed by atoms with van der Waals surface area (Å²) >= 11 is 0. The van der Waals surface area contributed by atoms with Gasteiger partial charge in [0.05, 0.1) is 11.2 Å². The Bertz CT molecular complexity index is 651. The second-order valence-corrected chi connectivity index (χ2v) is 4.93. The quantitative estimate of drug-likeness (QED) is 0.710. The van der Waals surface area contributed by atoms with Crippen molar-refractivity contribution in [1.29, 1.82) is 0 Å². The molecule has 0 saturated heterocycles. The van der Waals surface area contributed by atoms with Gasteiger partial charge in [-0.05, 0) is 36.0 Å². The lowest BCUT2D eigenvalue weighted by molar-refractivity contribution is 0.983. The van der Waals surface area contributed by atoms with Crippen LogP contribution in [0.25, 0.3) is 16.5 Å². The molecule has 1 aromatic heterocycles. The van der Waals surface area contributed by atoms with Gasteiger partial charge in [0.1, 0.15) is 0 Å². The number of pyridine rings is 1. The number of allylic oxidation sites excluding steroid dienone is 4. The molecule has 17 heavy (non-hydrogen) atoms. The van der Waals surface area contributed by atoms with E-state index in [0.717, 1.165) is 23.0 Å². The van der Waals surface area contributed by atoms with E-state index in [4.69, 9.17) is 4.98 Å². The molecule has 2 unspecified atom stereocenters. The maximum atomic E-state index is 4.73. The van der Waals surface area contributed by atoms with Gasteiger partial charge in [-0.1, -0.05) is 42.5 Å². The lowest BCUT2D eigenvalue weighted by Crippen LogP contribution is -1.92. The van der Waals surface area contributed by atoms with Gasteiger partial charge in [-0.3, -0.25) is 0 Å². The predicted molar refractivity (Wildman–Crippen MR) is 70.5 cm³/mol. The summed E-state index contributed by atoms with van der Waals surface area (Å²) in [6, 6.07) is 12.6. The number of benzene rings is 1. The van der Waals surface area contributed by atoms with Gasteiger partial charge in [-0.2, -0.15) is 0 Å². The topological polar surface area (TPSA) is 12.9 Å². The van der Waals surface area contributed by atoms with Crippen molar-refractivity contribution in [1.82, 2.24) is 4.98 Å². The highest BCUT2D eigenvalue weighted by Crippen LogP contribution is 2.45. The van der Waals surface area contributed by atoms with Gasteiger partial charge in [-0.25, -0.2) is 4.98 Å². The van der Waals surface area contributed by atoms with Crippen LogP contribution in [0.4, 0.5) is 0 Å². The third-order valence-electron chi connectivity index (χ3n) is 3.70. The zero-order valence-corrected chi connectivity index (χ0v) is 9.51. The lowest BCUT2D eigenvalue weighted by Gasteiger charge is -2.07. The molecule has 1 heteroatoms. The molecular weight excluding hydrogens is 206 g/mol. The monoisotopic (exact) mass is 219 g/mol. The van der Waals surface area contributed by atoms with Crippen LogP contribution < -0.4 is 0 Å². The van der Waals surface area contributed by atoms with Crippen LogP contribution in [-0.2, 0) is 0 Å². The van der Waals surface area contributed by atoms with Crippen LogP contribution in [0.3, 0.4) is 0 Å². The highest BCUT2D eigenvalue weighted by Gasteiger charge is 2.35. The number of para-hydroxylation sites is 1. The van der Waals surface area contributed by atoms with E-state index in [0.29, 0.717) is 0 Å². The molecule has 1 heterocycles. The first kappa shape index (κ1) is 9.17. The lowest BCUT2D eigenvalue weighted by atomic mass is 10.0. The molecule has 0 aliphatic heterocycles. The standard InChI is InChI=1S/C16H13N/c1-2-4-15-11(3-1)7-8-16(17-15)13-6-5-12-9-14(12)10-13/h1-8,10,12,14H,9H2. The molecule has 4 rings (SSSR count). The van der Waals surface area contributed by atoms with E-state index in [2.05, 4.69) is 48.6 Å². The smallest absolute Gasteiger partial charge is 0.0709 e. The minimum Gasteiger partial charge on any atom is -0.248 e. The fourth-order valence-corrected chi connectivity index (χ4v) is 2.56. The number of hydrogen-bond donors (Lipinski definition) is 0. The van der Waals surface area contributed by atoms with Crippen LogP contribution in [0.2, 0.25) is 0 Å². The van der Waals surface area contributed by atoms with Crippen LogP contribution in [0.15, 0.2) is 54.6 Å². The highest BCUT2D eigenvalue weighted by atomic mass is 14.7. The van der Waals surface area contributed by atoms with Gasteiger partial charge in [0.25, 0.3) is 0 Å². The number of nitrogens with zero attached hydrogens (tertiary/aromatic N) is 1. The fourth-order valence-electron chi connectivity index (χ4n) is 2.56. The minimum atomic E-state index is 0.781. The van der Waals surface area contributed by atoms with Gasteiger partial charge in [-0.15, -0.1) is 0 Å². The van der Waals surface area contributed by atoms with E-state index >= 15 is 0 Å². The molecule has 2 atom stereocenters. The van der Waals surface area contributed by atoms with Crippen LogP contribution in [0.1, 0.15) is 12.1 Å². The average Bonchev–Trinajstić information content (AvgIpc) is 3.16. The second-order valence-electron chi connectivity index (χ2n) is 4.93. The van der Waals surface area contributed by atoms with Crippen molar-refractivity contribution in [3.63, 3.8) is 0 Å². The Kier molecular flexibility index (Phi) is 1.78. The summed E-state index contributed by atoms with van der Waals surface area (Å²) in [5, 5.41) is 1.21. The van der Waals surface area contributed by atoms with Gasteiger partial charge in [0.15, 0.2) is 0 Å². The van der Waals surface area contributed by atoms with E-state index in [1.807, 2.05) is 6.07 Å². The van der Waals surface area contributed by atoms with Crippen molar-refractivity contribution in [3.05, 3.63) is 60.3 Å². The molecule has 1 saturated carbocycles. The first-order valence-corrected chi connectivity index (χ1v) is 6.16. The van der Waals surface area contributed by atoms with Gasteiger partial charge in [0.2, 0.25) is 0 Å². The molecule has 2 aliphatic carbocycles. The maximum Gasteiger partial charge on any atom is 0.0709 e. The second kappa shape index (κ2) is 3.30. The first-order chi connectivity index (χ1) is 8.40. The normalized spacial score (nSPS) is 25.5. The van der Waals surface area contributed by atoms with Crippen molar-refractivity contribution in [3.8, 4) is 0 Å². The number of rotatable bonds is 1. The molecule has 0 spiro atoms. The summed E-state index contributed by atoms with van der Waals surface area (Å²) in [4.78, 5) is 4.73. The number of hydrogen-bond acceptors (Lipinski definition) is 1. The Morgan fingerprint density at radius 1 is 1.00 bits per heavy atom. The molecule has 2 aromatic rings. The third kappa shape index (κ3) is 1.50. The Morgan fingerprint density at radius 2 is 1.94 bits per heavy atom. The van der Waals surface area contributed by atoms with Gasteiger partial charge < -0.3 is 0 Å². The van der Waals surface area contributed by atoms with Crippen molar-refractivity contribution in [2.75, 3.05) is 0 Å². The van der Waals surface area contributed by atoms with Crippen LogP contribution in [0, 0.1) is 11.8 Å². The van der Waals surface area contributed by atoms with Gasteiger partial charge in [0, 0.05) is 5.39 Å². The van der Waals surface area contributed by atoms with E-state index < -0.39 is 0 Å². The molecule has 1 fully saturated rings. The summed E-state index contributed by atoms with van der Waals surface area (Å²) < 4.78 is 0. The number of aromatic nitrogens is 1. The molecule has 0 bridgehead atoms. The average molecular weight is 219 g/mol. The van der Waals surface area contributed by atoms with E-state index in [9.17, 15) is 0 Å². The maximum absolute atomic E-state index is 4.73. The summed E-state index contributed by atoms with van der Waals surface area (Å²) in [5.41, 5.74) is 3.47. The Hall–Kier alpha value is -1.89.